The lowest BCUT2D eigenvalue weighted by molar-refractivity contribution is 0.102. The van der Waals surface area contributed by atoms with E-state index < -0.39 is 10.0 Å². The van der Waals surface area contributed by atoms with Gasteiger partial charge in [0, 0.05) is 26.1 Å². The molecule has 3 rings (SSSR count). The number of hydrogen-bond donors (Lipinski definition) is 1. The van der Waals surface area contributed by atoms with Gasteiger partial charge in [-0.25, -0.2) is 12.7 Å². The number of rotatable bonds is 8. The lowest BCUT2D eigenvalue weighted by atomic mass is 10.2. The van der Waals surface area contributed by atoms with Gasteiger partial charge in [0.2, 0.25) is 15.2 Å². The minimum Gasteiger partial charge on any atom is -0.493 e. The Balaban J connectivity index is 1.56. The van der Waals surface area contributed by atoms with E-state index in [2.05, 4.69) is 15.5 Å². The highest BCUT2D eigenvalue weighted by Crippen LogP contribution is 2.19. The van der Waals surface area contributed by atoms with Crippen LogP contribution in [0.1, 0.15) is 15.4 Å². The summed E-state index contributed by atoms with van der Waals surface area (Å²) in [6, 6.07) is 15.2. The van der Waals surface area contributed by atoms with Crippen molar-refractivity contribution < 1.29 is 17.9 Å². The predicted octanol–water partition coefficient (Wildman–Crippen LogP) is 2.66. The second-order valence-corrected chi connectivity index (χ2v) is 9.39. The van der Waals surface area contributed by atoms with Gasteiger partial charge in [0.1, 0.15) is 10.8 Å². The van der Waals surface area contributed by atoms with Crippen molar-refractivity contribution in [3.05, 3.63) is 65.2 Å². The van der Waals surface area contributed by atoms with E-state index in [0.29, 0.717) is 23.7 Å². The fraction of sp³-hybridized carbons (Fsp3) is 0.211. The van der Waals surface area contributed by atoms with Crippen LogP contribution in [0.4, 0.5) is 5.13 Å². The largest absolute Gasteiger partial charge is 0.493 e. The molecule has 0 radical (unpaired) electrons. The summed E-state index contributed by atoms with van der Waals surface area (Å²) in [6.07, 6.45) is 0.569. The molecule has 10 heteroatoms. The first-order chi connectivity index (χ1) is 13.9. The number of carbonyl (C=O) groups excluding carboxylic acids is 1. The molecule has 0 saturated carbocycles. The highest BCUT2D eigenvalue weighted by atomic mass is 32.2. The van der Waals surface area contributed by atoms with Gasteiger partial charge >= 0.3 is 0 Å². The number of sulfonamides is 1. The number of anilines is 1. The molecular formula is C19H20N4O4S2. The molecule has 0 fully saturated rings. The third kappa shape index (κ3) is 5.37. The zero-order valence-corrected chi connectivity index (χ0v) is 17.5. The van der Waals surface area contributed by atoms with Crippen molar-refractivity contribution in [2.45, 2.75) is 11.3 Å². The van der Waals surface area contributed by atoms with Gasteiger partial charge in [-0.2, -0.15) is 0 Å². The predicted molar refractivity (Wildman–Crippen MR) is 111 cm³/mol. The van der Waals surface area contributed by atoms with Gasteiger partial charge in [0.25, 0.3) is 5.91 Å². The van der Waals surface area contributed by atoms with Crippen LogP contribution < -0.4 is 10.1 Å². The average molecular weight is 433 g/mol. The van der Waals surface area contributed by atoms with Crippen LogP contribution in [-0.2, 0) is 16.4 Å². The molecule has 29 heavy (non-hydrogen) atoms. The molecule has 0 aliphatic rings. The molecule has 0 saturated heterocycles. The first kappa shape index (κ1) is 20.9. The summed E-state index contributed by atoms with van der Waals surface area (Å²) in [5, 5.41) is 11.8. The number of benzene rings is 2. The van der Waals surface area contributed by atoms with E-state index in [-0.39, 0.29) is 10.8 Å². The maximum Gasteiger partial charge on any atom is 0.257 e. The third-order valence-electron chi connectivity index (χ3n) is 3.91. The highest BCUT2D eigenvalue weighted by molar-refractivity contribution is 7.89. The Hall–Kier alpha value is -2.82. The molecular weight excluding hydrogens is 412 g/mol. The zero-order chi connectivity index (χ0) is 20.9. The van der Waals surface area contributed by atoms with E-state index in [4.69, 9.17) is 4.74 Å². The zero-order valence-electron chi connectivity index (χ0n) is 15.9. The van der Waals surface area contributed by atoms with E-state index in [0.717, 1.165) is 15.1 Å². The first-order valence-corrected chi connectivity index (χ1v) is 11.0. The van der Waals surface area contributed by atoms with Crippen molar-refractivity contribution >= 4 is 32.4 Å². The van der Waals surface area contributed by atoms with Crippen molar-refractivity contribution in [2.24, 2.45) is 0 Å². The molecule has 0 bridgehead atoms. The Bertz CT molecular complexity index is 1070. The van der Waals surface area contributed by atoms with Crippen molar-refractivity contribution in [1.29, 1.82) is 0 Å². The lowest BCUT2D eigenvalue weighted by Gasteiger charge is -2.11. The number of amides is 1. The fourth-order valence-corrected chi connectivity index (χ4v) is 3.95. The quantitative estimate of drug-likeness (QED) is 0.587. The third-order valence-corrected chi connectivity index (χ3v) is 6.64. The molecule has 8 nitrogen and oxygen atoms in total. The Labute approximate surface area is 173 Å². The maximum atomic E-state index is 12.4. The number of nitrogens with zero attached hydrogens (tertiary/aromatic N) is 3. The summed E-state index contributed by atoms with van der Waals surface area (Å²) in [5.41, 5.74) is 0.326. The first-order valence-electron chi connectivity index (χ1n) is 8.70. The maximum absolute atomic E-state index is 12.4. The number of nitrogens with one attached hydrogen (secondary N) is 1. The van der Waals surface area contributed by atoms with Crippen LogP contribution in [0.2, 0.25) is 0 Å². The second kappa shape index (κ2) is 9.12. The van der Waals surface area contributed by atoms with Crippen LogP contribution in [0.5, 0.6) is 5.75 Å². The van der Waals surface area contributed by atoms with Gasteiger partial charge in [-0.3, -0.25) is 10.1 Å². The van der Waals surface area contributed by atoms with Crippen molar-refractivity contribution in [3.63, 3.8) is 0 Å². The van der Waals surface area contributed by atoms with Crippen LogP contribution in [0.25, 0.3) is 0 Å². The number of hydrogen-bond acceptors (Lipinski definition) is 7. The minimum absolute atomic E-state index is 0.121. The van der Waals surface area contributed by atoms with Crippen molar-refractivity contribution in [2.75, 3.05) is 26.0 Å². The molecule has 1 amide bonds. The lowest BCUT2D eigenvalue weighted by Crippen LogP contribution is -2.22. The Morgan fingerprint density at radius 2 is 1.76 bits per heavy atom. The standard InChI is InChI=1S/C19H20N4O4S2/c1-23(2)29(25,26)16-10-8-14(9-11-16)18(24)20-19-22-21-17(28-19)12-13-27-15-6-4-3-5-7-15/h3-11H,12-13H2,1-2H3,(H,20,22,24). The highest BCUT2D eigenvalue weighted by Gasteiger charge is 2.18. The van der Waals surface area contributed by atoms with Crippen LogP contribution in [0.15, 0.2) is 59.5 Å². The van der Waals surface area contributed by atoms with Gasteiger partial charge < -0.3 is 4.74 Å². The Morgan fingerprint density at radius 3 is 2.41 bits per heavy atom. The van der Waals surface area contributed by atoms with E-state index in [1.165, 1.54) is 49.7 Å². The van der Waals surface area contributed by atoms with E-state index >= 15 is 0 Å². The molecule has 152 valence electrons. The fourth-order valence-electron chi connectivity index (χ4n) is 2.34. The number of carbonyl (C=O) groups is 1. The van der Waals surface area contributed by atoms with Gasteiger partial charge in [0.05, 0.1) is 11.5 Å². The second-order valence-electron chi connectivity index (χ2n) is 6.18. The van der Waals surface area contributed by atoms with Crippen LogP contribution in [0.3, 0.4) is 0 Å². The summed E-state index contributed by atoms with van der Waals surface area (Å²) >= 11 is 1.27. The number of ether oxygens (including phenoxy) is 1. The Morgan fingerprint density at radius 1 is 1.07 bits per heavy atom. The van der Waals surface area contributed by atoms with Crippen molar-refractivity contribution in [1.82, 2.24) is 14.5 Å². The van der Waals surface area contributed by atoms with Gasteiger partial charge in [-0.15, -0.1) is 10.2 Å². The van der Waals surface area contributed by atoms with E-state index in [1.54, 1.807) is 0 Å². The monoisotopic (exact) mass is 432 g/mol. The molecule has 0 aliphatic heterocycles. The molecule has 1 N–H and O–H groups in total. The van der Waals surface area contributed by atoms with Crippen LogP contribution in [0, 0.1) is 0 Å². The van der Waals surface area contributed by atoms with Crippen molar-refractivity contribution in [3.8, 4) is 5.75 Å². The number of para-hydroxylation sites is 1. The average Bonchev–Trinajstić information content (AvgIpc) is 3.16. The summed E-state index contributed by atoms with van der Waals surface area (Å²) in [5.74, 6) is 0.396. The molecule has 0 atom stereocenters. The summed E-state index contributed by atoms with van der Waals surface area (Å²) in [6.45, 7) is 0.453. The summed E-state index contributed by atoms with van der Waals surface area (Å²) < 4.78 is 30.9. The molecule has 0 aliphatic carbocycles. The SMILES string of the molecule is CN(C)S(=O)(=O)c1ccc(C(=O)Nc2nnc(CCOc3ccccc3)s2)cc1. The van der Waals surface area contributed by atoms with Gasteiger partial charge in [-0.05, 0) is 36.4 Å². The minimum atomic E-state index is -3.53. The van der Waals surface area contributed by atoms with Crippen LogP contribution in [-0.4, -0.2) is 49.5 Å². The van der Waals surface area contributed by atoms with E-state index in [1.807, 2.05) is 30.3 Å². The molecule has 0 unspecified atom stereocenters. The van der Waals surface area contributed by atoms with Crippen LogP contribution >= 0.6 is 11.3 Å². The van der Waals surface area contributed by atoms with Gasteiger partial charge in [-0.1, -0.05) is 29.5 Å². The molecule has 2 aromatic carbocycles. The van der Waals surface area contributed by atoms with Gasteiger partial charge in [0.15, 0.2) is 0 Å². The molecule has 3 aromatic rings. The smallest absolute Gasteiger partial charge is 0.257 e. The summed E-state index contributed by atoms with van der Waals surface area (Å²) in [7, 11) is -0.630. The number of aromatic nitrogens is 2. The summed E-state index contributed by atoms with van der Waals surface area (Å²) in [4.78, 5) is 12.5. The molecule has 0 spiro atoms. The molecule has 1 heterocycles. The molecule has 1 aromatic heterocycles. The van der Waals surface area contributed by atoms with E-state index in [9.17, 15) is 13.2 Å². The topological polar surface area (TPSA) is 101 Å². The normalized spacial score (nSPS) is 11.4. The Kier molecular flexibility index (Phi) is 6.57.